The van der Waals surface area contributed by atoms with Crippen LogP contribution in [0.5, 0.6) is 0 Å². The van der Waals surface area contributed by atoms with Crippen LogP contribution in [0, 0.1) is 6.92 Å². The van der Waals surface area contributed by atoms with Crippen LogP contribution in [0.1, 0.15) is 19.0 Å². The molecule has 0 bridgehead atoms. The van der Waals surface area contributed by atoms with Gasteiger partial charge in [-0.15, -0.1) is 0 Å². The maximum atomic E-state index is 6.40. The fourth-order valence-corrected chi connectivity index (χ4v) is 3.01. The maximum Gasteiger partial charge on any atom is 0.0851 e. The first-order valence-corrected chi connectivity index (χ1v) is 7.64. The SMILES string of the molecule is CC[C@H]1CN(c2ccnc(C)c2Cl)CCN1CCOC. The van der Waals surface area contributed by atoms with Crippen LogP contribution in [0.4, 0.5) is 5.69 Å². The van der Waals surface area contributed by atoms with E-state index >= 15 is 0 Å². The van der Waals surface area contributed by atoms with E-state index in [-0.39, 0.29) is 0 Å². The van der Waals surface area contributed by atoms with E-state index in [1.165, 1.54) is 0 Å². The van der Waals surface area contributed by atoms with Crippen molar-refractivity contribution in [1.82, 2.24) is 9.88 Å². The molecule has 4 nitrogen and oxygen atoms in total. The second kappa shape index (κ2) is 7.25. The molecule has 0 unspecified atom stereocenters. The van der Waals surface area contributed by atoms with Gasteiger partial charge < -0.3 is 9.64 Å². The highest BCUT2D eigenvalue weighted by molar-refractivity contribution is 6.33. The van der Waals surface area contributed by atoms with Crippen molar-refractivity contribution in [3.63, 3.8) is 0 Å². The van der Waals surface area contributed by atoms with Crippen molar-refractivity contribution in [1.29, 1.82) is 0 Å². The number of methoxy groups -OCH3 is 1. The van der Waals surface area contributed by atoms with E-state index in [1.54, 1.807) is 7.11 Å². The average Bonchev–Trinajstić information content (AvgIpc) is 2.48. The van der Waals surface area contributed by atoms with E-state index in [1.807, 2.05) is 19.2 Å². The molecule has 0 spiro atoms. The Bertz CT molecular complexity index is 441. The number of aryl methyl sites for hydroxylation is 1. The molecule has 0 amide bonds. The molecule has 2 rings (SSSR count). The number of hydrogen-bond donors (Lipinski definition) is 0. The van der Waals surface area contributed by atoms with Crippen molar-refractivity contribution in [2.45, 2.75) is 26.3 Å². The number of nitrogens with zero attached hydrogens (tertiary/aromatic N) is 3. The molecule has 5 heteroatoms. The zero-order chi connectivity index (χ0) is 14.5. The van der Waals surface area contributed by atoms with Gasteiger partial charge in [0, 0.05) is 45.5 Å². The predicted octanol–water partition coefficient (Wildman–Crippen LogP) is 2.59. The first-order valence-electron chi connectivity index (χ1n) is 7.26. The highest BCUT2D eigenvalue weighted by Crippen LogP contribution is 2.29. The van der Waals surface area contributed by atoms with Gasteiger partial charge in [-0.25, -0.2) is 0 Å². The molecule has 2 heterocycles. The third-order valence-electron chi connectivity index (χ3n) is 4.04. The lowest BCUT2D eigenvalue weighted by Gasteiger charge is -2.42. The number of halogens is 1. The summed E-state index contributed by atoms with van der Waals surface area (Å²) in [6.45, 7) is 9.08. The maximum absolute atomic E-state index is 6.40. The zero-order valence-electron chi connectivity index (χ0n) is 12.6. The van der Waals surface area contributed by atoms with Gasteiger partial charge in [-0.05, 0) is 19.4 Å². The third kappa shape index (κ3) is 3.43. The number of aromatic nitrogens is 1. The third-order valence-corrected chi connectivity index (χ3v) is 4.51. The molecule has 0 saturated carbocycles. The number of pyridine rings is 1. The average molecular weight is 298 g/mol. The highest BCUT2D eigenvalue weighted by Gasteiger charge is 2.26. The summed E-state index contributed by atoms with van der Waals surface area (Å²) in [5.74, 6) is 0. The number of hydrogen-bond acceptors (Lipinski definition) is 4. The molecule has 0 N–H and O–H groups in total. The Morgan fingerprint density at radius 1 is 1.45 bits per heavy atom. The fourth-order valence-electron chi connectivity index (χ4n) is 2.78. The van der Waals surface area contributed by atoms with Crippen LogP contribution in [0.3, 0.4) is 0 Å². The van der Waals surface area contributed by atoms with E-state index in [0.29, 0.717) is 6.04 Å². The molecular formula is C15H24ClN3O. The second-order valence-electron chi connectivity index (χ2n) is 5.27. The molecule has 0 radical (unpaired) electrons. The Hall–Kier alpha value is -0.840. The number of piperazine rings is 1. The smallest absolute Gasteiger partial charge is 0.0851 e. The van der Waals surface area contributed by atoms with Crippen LogP contribution in [0.25, 0.3) is 0 Å². The van der Waals surface area contributed by atoms with Crippen molar-refractivity contribution >= 4 is 17.3 Å². The monoisotopic (exact) mass is 297 g/mol. The molecular weight excluding hydrogens is 274 g/mol. The first kappa shape index (κ1) is 15.5. The Labute approximate surface area is 126 Å². The number of ether oxygens (including phenoxy) is 1. The number of anilines is 1. The lowest BCUT2D eigenvalue weighted by atomic mass is 10.1. The molecule has 1 aliphatic rings. The van der Waals surface area contributed by atoms with Crippen molar-refractivity contribution in [2.24, 2.45) is 0 Å². The summed E-state index contributed by atoms with van der Waals surface area (Å²) >= 11 is 6.40. The van der Waals surface area contributed by atoms with Gasteiger partial charge in [-0.1, -0.05) is 18.5 Å². The van der Waals surface area contributed by atoms with Gasteiger partial charge in [0.15, 0.2) is 0 Å². The fraction of sp³-hybridized carbons (Fsp3) is 0.667. The van der Waals surface area contributed by atoms with Crippen molar-refractivity contribution in [3.8, 4) is 0 Å². The second-order valence-corrected chi connectivity index (χ2v) is 5.64. The highest BCUT2D eigenvalue weighted by atomic mass is 35.5. The van der Waals surface area contributed by atoms with Gasteiger partial charge in [-0.3, -0.25) is 9.88 Å². The summed E-state index contributed by atoms with van der Waals surface area (Å²) in [6, 6.07) is 2.58. The van der Waals surface area contributed by atoms with E-state index in [2.05, 4.69) is 21.7 Å². The van der Waals surface area contributed by atoms with Gasteiger partial charge >= 0.3 is 0 Å². The van der Waals surface area contributed by atoms with Gasteiger partial charge in [0.2, 0.25) is 0 Å². The minimum Gasteiger partial charge on any atom is -0.383 e. The van der Waals surface area contributed by atoms with Gasteiger partial charge in [0.1, 0.15) is 0 Å². The Kier molecular flexibility index (Phi) is 5.64. The van der Waals surface area contributed by atoms with Crippen LogP contribution in [0.15, 0.2) is 12.3 Å². The quantitative estimate of drug-likeness (QED) is 0.835. The Morgan fingerprint density at radius 2 is 2.25 bits per heavy atom. The van der Waals surface area contributed by atoms with E-state index < -0.39 is 0 Å². The van der Waals surface area contributed by atoms with Gasteiger partial charge in [-0.2, -0.15) is 0 Å². The molecule has 0 aromatic carbocycles. The molecule has 1 fully saturated rings. The summed E-state index contributed by atoms with van der Waals surface area (Å²) in [5.41, 5.74) is 2.02. The van der Waals surface area contributed by atoms with Crippen molar-refractivity contribution < 1.29 is 4.74 Å². The van der Waals surface area contributed by atoms with E-state index in [4.69, 9.17) is 16.3 Å². The van der Waals surface area contributed by atoms with Crippen molar-refractivity contribution in [2.75, 3.05) is 44.8 Å². The van der Waals surface area contributed by atoms with Crippen LogP contribution in [0.2, 0.25) is 5.02 Å². The first-order chi connectivity index (χ1) is 9.67. The summed E-state index contributed by atoms with van der Waals surface area (Å²) in [5, 5.41) is 0.785. The zero-order valence-corrected chi connectivity index (χ0v) is 13.4. The lowest BCUT2D eigenvalue weighted by Crippen LogP contribution is -2.53. The Morgan fingerprint density at radius 3 is 2.95 bits per heavy atom. The minimum absolute atomic E-state index is 0.559. The molecule has 112 valence electrons. The van der Waals surface area contributed by atoms with Crippen LogP contribution in [-0.2, 0) is 4.74 Å². The van der Waals surface area contributed by atoms with Crippen molar-refractivity contribution in [3.05, 3.63) is 23.0 Å². The lowest BCUT2D eigenvalue weighted by molar-refractivity contribution is 0.109. The number of rotatable bonds is 5. The Balaban J connectivity index is 2.07. The summed E-state index contributed by atoms with van der Waals surface area (Å²) in [7, 11) is 1.76. The standard InChI is InChI=1S/C15H24ClN3O/c1-4-13-11-19(8-7-18(13)9-10-20-3)14-5-6-17-12(2)15(14)16/h5-6,13H,4,7-11H2,1-3H3/t13-/m0/s1. The minimum atomic E-state index is 0.559. The van der Waals surface area contributed by atoms with Gasteiger partial charge in [0.05, 0.1) is 23.0 Å². The van der Waals surface area contributed by atoms with Crippen LogP contribution >= 0.6 is 11.6 Å². The molecule has 1 atom stereocenters. The molecule has 20 heavy (non-hydrogen) atoms. The largest absolute Gasteiger partial charge is 0.383 e. The molecule has 0 aliphatic carbocycles. The summed E-state index contributed by atoms with van der Waals surface area (Å²) in [6.07, 6.45) is 2.98. The van der Waals surface area contributed by atoms with Crippen LogP contribution < -0.4 is 4.90 Å². The van der Waals surface area contributed by atoms with Gasteiger partial charge in [0.25, 0.3) is 0 Å². The predicted molar refractivity (Wildman–Crippen MR) is 83.7 cm³/mol. The van der Waals surface area contributed by atoms with E-state index in [0.717, 1.165) is 55.6 Å². The topological polar surface area (TPSA) is 28.6 Å². The molecule has 1 saturated heterocycles. The molecule has 1 aromatic heterocycles. The van der Waals surface area contributed by atoms with E-state index in [9.17, 15) is 0 Å². The summed E-state index contributed by atoms with van der Waals surface area (Å²) in [4.78, 5) is 9.14. The normalized spacial score (nSPS) is 20.4. The van der Waals surface area contributed by atoms with Crippen LogP contribution in [-0.4, -0.2) is 55.8 Å². The molecule has 1 aromatic rings. The summed E-state index contributed by atoms with van der Waals surface area (Å²) < 4.78 is 5.20. The molecule has 1 aliphatic heterocycles.